The Labute approximate surface area is 500 Å². The fraction of sp³-hybridized carbons (Fsp3) is 0.469. The van der Waals surface area contributed by atoms with Crippen molar-refractivity contribution >= 4 is 72.3 Å². The zero-order valence-electron chi connectivity index (χ0n) is 50.4. The average Bonchev–Trinajstić information content (AvgIpc) is 3.64. The Morgan fingerprint density at radius 2 is 1.33 bits per heavy atom. The van der Waals surface area contributed by atoms with E-state index < -0.39 is 25.9 Å². The third-order valence-electron chi connectivity index (χ3n) is 13.8. The van der Waals surface area contributed by atoms with Crippen LogP contribution in [0.2, 0.25) is 0 Å². The van der Waals surface area contributed by atoms with Gasteiger partial charge in [0.1, 0.15) is 24.2 Å². The number of hydrogen-bond donors (Lipinski definition) is 3. The van der Waals surface area contributed by atoms with Gasteiger partial charge < -0.3 is 44.0 Å². The van der Waals surface area contributed by atoms with Gasteiger partial charge in [-0.15, -0.1) is 0 Å². The van der Waals surface area contributed by atoms with Crippen molar-refractivity contribution in [3.8, 4) is 23.0 Å². The molecule has 16 nitrogen and oxygen atoms in total. The van der Waals surface area contributed by atoms with Crippen molar-refractivity contribution in [1.82, 2.24) is 5.32 Å². The van der Waals surface area contributed by atoms with Gasteiger partial charge in [0.15, 0.2) is 34.6 Å². The zero-order chi connectivity index (χ0) is 60.7. The van der Waals surface area contributed by atoms with Crippen LogP contribution in [0.3, 0.4) is 0 Å². The minimum absolute atomic E-state index is 0.0284. The van der Waals surface area contributed by atoms with Gasteiger partial charge in [-0.1, -0.05) is 84.0 Å². The summed E-state index contributed by atoms with van der Waals surface area (Å²) in [5, 5.41) is 5.37. The highest BCUT2D eigenvalue weighted by Crippen LogP contribution is 2.40. The van der Waals surface area contributed by atoms with E-state index in [-0.39, 0.29) is 43.0 Å². The Kier molecular flexibility index (Phi) is 27.4. The van der Waals surface area contributed by atoms with Gasteiger partial charge in [0.05, 0.1) is 39.7 Å². The lowest BCUT2D eigenvalue weighted by Crippen LogP contribution is -2.39. The third-order valence-corrected chi connectivity index (χ3v) is 18.4. The van der Waals surface area contributed by atoms with Crippen molar-refractivity contribution < 1.29 is 55.8 Å². The van der Waals surface area contributed by atoms with Gasteiger partial charge in [-0.2, -0.15) is 8.42 Å². The molecule has 452 valence electrons. The molecule has 5 aromatic rings. The molecule has 3 N–H and O–H groups in total. The van der Waals surface area contributed by atoms with Crippen molar-refractivity contribution in [2.75, 3.05) is 89.8 Å². The second-order valence-electron chi connectivity index (χ2n) is 21.6. The number of rotatable bonds is 38. The van der Waals surface area contributed by atoms with Gasteiger partial charge in [0.2, 0.25) is 0 Å². The molecule has 0 spiro atoms. The highest BCUT2D eigenvalue weighted by atomic mass is 33.1. The van der Waals surface area contributed by atoms with Crippen LogP contribution >= 0.6 is 21.6 Å². The second-order valence-corrected chi connectivity index (χ2v) is 26.3. The van der Waals surface area contributed by atoms with Gasteiger partial charge in [-0.3, -0.25) is 23.9 Å². The Morgan fingerprint density at radius 1 is 0.747 bits per heavy atom. The molecule has 0 aliphatic heterocycles. The summed E-state index contributed by atoms with van der Waals surface area (Å²) in [4.78, 5) is 45.4. The Balaban J connectivity index is 1.52. The van der Waals surface area contributed by atoms with Crippen molar-refractivity contribution in [2.24, 2.45) is 16.8 Å². The quantitative estimate of drug-likeness (QED) is 0.0111. The number of anilines is 2. The lowest BCUT2D eigenvalue weighted by Gasteiger charge is -2.34. The van der Waals surface area contributed by atoms with Crippen LogP contribution in [0.1, 0.15) is 109 Å². The van der Waals surface area contributed by atoms with Crippen LogP contribution in [-0.4, -0.2) is 126 Å². The van der Waals surface area contributed by atoms with E-state index in [1.165, 1.54) is 60.9 Å². The number of carbonyl (C=O) groups excluding carboxylic acids is 3. The smallest absolute Gasteiger partial charge is 0.274 e. The van der Waals surface area contributed by atoms with E-state index in [0.717, 1.165) is 29.7 Å². The van der Waals surface area contributed by atoms with E-state index in [2.05, 4.69) is 99.5 Å². The van der Waals surface area contributed by atoms with E-state index in [4.69, 9.17) is 33.4 Å². The summed E-state index contributed by atoms with van der Waals surface area (Å²) in [6.45, 7) is 21.4. The SMILES string of the molecule is COCCNCCOCCN(CC(C)(C)SSCCC(C(C)=O)S(=O)(=O)O)c1cc(COc2cc(/N=C\C(C)Cc3ccccc3C)c(C(C)=O)cc2OC)cc(COc2cc(NC[C@@H](C)Cc3ccccc3C)c(C(C)=O)cc2OC)c1. The molecule has 0 bridgehead atoms. The van der Waals surface area contributed by atoms with Crippen molar-refractivity contribution in [3.05, 3.63) is 136 Å². The molecule has 5 rings (SSSR count). The zero-order valence-corrected chi connectivity index (χ0v) is 52.9. The summed E-state index contributed by atoms with van der Waals surface area (Å²) in [7, 11) is 3.18. The van der Waals surface area contributed by atoms with E-state index >= 15 is 0 Å². The highest BCUT2D eigenvalue weighted by Gasteiger charge is 2.29. The molecule has 0 saturated carbocycles. The van der Waals surface area contributed by atoms with Gasteiger partial charge in [-0.05, 0) is 143 Å². The summed E-state index contributed by atoms with van der Waals surface area (Å²) in [5.74, 6) is 1.32. The normalized spacial score (nSPS) is 12.9. The maximum atomic E-state index is 13.1. The number of nitrogens with one attached hydrogen (secondary N) is 2. The van der Waals surface area contributed by atoms with E-state index in [1.54, 1.807) is 43.2 Å². The molecule has 0 aliphatic rings. The van der Waals surface area contributed by atoms with E-state index in [9.17, 15) is 27.4 Å². The monoisotopic (exact) mass is 1200 g/mol. The maximum Gasteiger partial charge on any atom is 0.274 e. The van der Waals surface area contributed by atoms with Crippen molar-refractivity contribution in [1.29, 1.82) is 0 Å². The van der Waals surface area contributed by atoms with Crippen LogP contribution in [0.25, 0.3) is 0 Å². The molecule has 0 amide bonds. The minimum Gasteiger partial charge on any atom is -0.493 e. The maximum absolute atomic E-state index is 13.1. The largest absolute Gasteiger partial charge is 0.493 e. The Morgan fingerprint density at radius 3 is 1.89 bits per heavy atom. The van der Waals surface area contributed by atoms with Crippen LogP contribution in [0, 0.1) is 25.7 Å². The number of benzene rings is 5. The first-order valence-corrected chi connectivity index (χ1v) is 31.9. The number of ether oxygens (including phenoxy) is 6. The standard InChI is InChI=1S/C64H86N4O12S3/c1-43(29-52-19-15-13-17-45(52)3)38-66-57-36-61(59(76-11)34-55(57)47(5)69)79-40-50-31-51(41-80-62-37-58(56(48(6)70)35-60(62)77-12)67-39-44(2)30-53-20-16-14-18-46(53)4)33-54(32-50)68(24-27-78-26-23-65-22-25-75-10)42-64(8,9)82-81-28-21-63(49(7)71)83(72,73)74/h13-20,31-38,43-44,63,65,67H,21-30,39-42H2,1-12H3,(H,72,73,74)/b66-38-/t43?,44-,63?/m0/s1. The molecule has 3 atom stereocenters. The summed E-state index contributed by atoms with van der Waals surface area (Å²) < 4.78 is 69.7. The van der Waals surface area contributed by atoms with E-state index in [0.29, 0.717) is 104 Å². The van der Waals surface area contributed by atoms with E-state index in [1.807, 2.05) is 36.5 Å². The number of hydrogen-bond acceptors (Lipinski definition) is 17. The van der Waals surface area contributed by atoms with Crippen LogP contribution in [-0.2, 0) is 50.4 Å². The van der Waals surface area contributed by atoms with Crippen LogP contribution < -0.4 is 34.5 Å². The molecular formula is C64H86N4O12S3. The summed E-state index contributed by atoms with van der Waals surface area (Å²) in [6.07, 6.45) is 3.48. The van der Waals surface area contributed by atoms with Gasteiger partial charge in [-0.25, -0.2) is 0 Å². The van der Waals surface area contributed by atoms with Gasteiger partial charge in [0, 0.05) is 91.2 Å². The number of methoxy groups -OCH3 is 3. The number of ketones is 3. The van der Waals surface area contributed by atoms with Crippen molar-refractivity contribution in [3.63, 3.8) is 0 Å². The molecule has 83 heavy (non-hydrogen) atoms. The Hall–Kier alpha value is -5.93. The molecule has 0 aromatic heterocycles. The molecule has 0 fully saturated rings. The van der Waals surface area contributed by atoms with Crippen LogP contribution in [0.5, 0.6) is 23.0 Å². The first kappa shape index (κ1) is 67.9. The first-order chi connectivity index (χ1) is 39.5. The molecule has 5 aromatic carbocycles. The summed E-state index contributed by atoms with van der Waals surface area (Å²) in [6, 6.07) is 29.7. The van der Waals surface area contributed by atoms with Crippen LogP contribution in [0.15, 0.2) is 96.0 Å². The summed E-state index contributed by atoms with van der Waals surface area (Å²) >= 11 is 0. The third kappa shape index (κ3) is 22.2. The predicted molar refractivity (Wildman–Crippen MR) is 338 cm³/mol. The predicted octanol–water partition coefficient (Wildman–Crippen LogP) is 12.2. The highest BCUT2D eigenvalue weighted by molar-refractivity contribution is 8.77. The van der Waals surface area contributed by atoms with Crippen molar-refractivity contribution in [2.45, 2.75) is 105 Å². The number of Topliss-reactive ketones (excluding diaryl/α,β-unsaturated/α-hetero) is 3. The number of aliphatic imine (C=N–C) groups is 1. The lowest BCUT2D eigenvalue weighted by atomic mass is 9.97. The van der Waals surface area contributed by atoms with Crippen LogP contribution in [0.4, 0.5) is 17.1 Å². The molecule has 19 heteroatoms. The molecule has 0 radical (unpaired) electrons. The summed E-state index contributed by atoms with van der Waals surface area (Å²) in [5.41, 5.74) is 9.32. The molecule has 2 unspecified atom stereocenters. The number of nitrogens with zero attached hydrogens (tertiary/aromatic N) is 2. The molecule has 0 saturated heterocycles. The first-order valence-electron chi connectivity index (χ1n) is 28.0. The Bertz CT molecular complexity index is 3080. The van der Waals surface area contributed by atoms with Gasteiger partial charge in [0.25, 0.3) is 10.1 Å². The lowest BCUT2D eigenvalue weighted by molar-refractivity contribution is -0.116. The average molecular weight is 1200 g/mol. The fourth-order valence-corrected chi connectivity index (χ4v) is 12.9. The number of aryl methyl sites for hydroxylation is 2. The number of carbonyl (C=O) groups is 3. The molecule has 0 heterocycles. The van der Waals surface area contributed by atoms with Gasteiger partial charge >= 0.3 is 0 Å². The minimum atomic E-state index is -4.54. The molecule has 0 aliphatic carbocycles. The fourth-order valence-electron chi connectivity index (χ4n) is 9.34. The second kappa shape index (κ2) is 33.5. The topological polar surface area (TPSA) is 201 Å². The molecular weight excluding hydrogens is 1110 g/mol.